The first-order valence-electron chi connectivity index (χ1n) is 6.41. The molecular formula is C14H32. The number of hydrogen-bond donors (Lipinski definition) is 0. The van der Waals surface area contributed by atoms with Gasteiger partial charge in [0.05, 0.1) is 0 Å². The Kier molecular flexibility index (Phi) is 25.6. The van der Waals surface area contributed by atoms with E-state index in [2.05, 4.69) is 33.8 Å². The molecular weight excluding hydrogens is 168 g/mol. The highest BCUT2D eigenvalue weighted by Crippen LogP contribution is 2.15. The first-order valence-corrected chi connectivity index (χ1v) is 6.41. The van der Waals surface area contributed by atoms with Crippen molar-refractivity contribution in [3.05, 3.63) is 11.6 Å². The van der Waals surface area contributed by atoms with E-state index in [1.165, 1.54) is 19.3 Å². The Bertz CT molecular complexity index is 98.6. The zero-order valence-electron chi connectivity index (χ0n) is 11.8. The molecule has 0 spiro atoms. The quantitative estimate of drug-likeness (QED) is 0.501. The highest BCUT2D eigenvalue weighted by Gasteiger charge is 1.99. The van der Waals surface area contributed by atoms with Crippen LogP contribution in [0.4, 0.5) is 0 Å². The van der Waals surface area contributed by atoms with Crippen molar-refractivity contribution in [1.82, 2.24) is 0 Å². The van der Waals surface area contributed by atoms with Gasteiger partial charge in [0, 0.05) is 0 Å². The third-order valence-electron chi connectivity index (χ3n) is 1.75. The third-order valence-corrected chi connectivity index (χ3v) is 1.75. The Morgan fingerprint density at radius 2 is 1.43 bits per heavy atom. The Balaban J connectivity index is -0.000000266. The smallest absolute Gasteiger partial charge is 0.0260 e. The highest BCUT2D eigenvalue weighted by molar-refractivity contribution is 5.03. The van der Waals surface area contributed by atoms with Crippen LogP contribution in [0, 0.1) is 5.92 Å². The van der Waals surface area contributed by atoms with Crippen LogP contribution in [0.15, 0.2) is 11.6 Å². The molecule has 0 heteroatoms. The Morgan fingerprint density at radius 1 is 1.00 bits per heavy atom. The second-order valence-electron chi connectivity index (χ2n) is 3.09. The summed E-state index contributed by atoms with van der Waals surface area (Å²) < 4.78 is 0. The molecule has 0 rings (SSSR count). The van der Waals surface area contributed by atoms with E-state index in [-0.39, 0.29) is 0 Å². The minimum atomic E-state index is 0.750. The molecule has 0 aromatic carbocycles. The number of hydrogen-bond acceptors (Lipinski definition) is 0. The van der Waals surface area contributed by atoms with Gasteiger partial charge in [0.1, 0.15) is 0 Å². The van der Waals surface area contributed by atoms with Gasteiger partial charge in [-0.25, -0.2) is 0 Å². The topological polar surface area (TPSA) is 0 Å². The summed E-state index contributed by atoms with van der Waals surface area (Å²) in [4.78, 5) is 0. The molecule has 0 bridgehead atoms. The fourth-order valence-electron chi connectivity index (χ4n) is 1.18. The van der Waals surface area contributed by atoms with Crippen molar-refractivity contribution in [2.45, 2.75) is 74.7 Å². The van der Waals surface area contributed by atoms with E-state index in [0.717, 1.165) is 5.92 Å². The molecule has 0 amide bonds. The molecule has 0 aliphatic carbocycles. The first-order chi connectivity index (χ1) is 6.72. The molecule has 0 radical (unpaired) electrons. The predicted octanol–water partition coefficient (Wildman–Crippen LogP) is 5.83. The van der Waals surface area contributed by atoms with E-state index >= 15 is 0 Å². The lowest BCUT2D eigenvalue weighted by Crippen LogP contribution is -1.92. The van der Waals surface area contributed by atoms with Crippen molar-refractivity contribution in [2.24, 2.45) is 5.92 Å². The lowest BCUT2D eigenvalue weighted by Gasteiger charge is -2.08. The minimum Gasteiger partial charge on any atom is -0.0853 e. The molecule has 14 heavy (non-hydrogen) atoms. The largest absolute Gasteiger partial charge is 0.0853 e. The van der Waals surface area contributed by atoms with E-state index in [0.29, 0.717) is 0 Å². The molecule has 0 unspecified atom stereocenters. The van der Waals surface area contributed by atoms with Crippen LogP contribution in [0.1, 0.15) is 74.7 Å². The number of allylic oxidation sites excluding steroid dienone is 2. The van der Waals surface area contributed by atoms with Crippen molar-refractivity contribution in [2.75, 3.05) is 0 Å². The lowest BCUT2D eigenvalue weighted by molar-refractivity contribution is 0.696. The summed E-state index contributed by atoms with van der Waals surface area (Å²) in [5.41, 5.74) is 1.63. The maximum Gasteiger partial charge on any atom is -0.0260 e. The van der Waals surface area contributed by atoms with Gasteiger partial charge in [-0.3, -0.25) is 0 Å². The van der Waals surface area contributed by atoms with Crippen LogP contribution >= 0.6 is 0 Å². The van der Waals surface area contributed by atoms with Gasteiger partial charge in [0.25, 0.3) is 0 Å². The van der Waals surface area contributed by atoms with Crippen LogP contribution in [0.3, 0.4) is 0 Å². The molecule has 0 aliphatic heterocycles. The van der Waals surface area contributed by atoms with E-state index in [4.69, 9.17) is 0 Å². The fraction of sp³-hybridized carbons (Fsp3) is 0.857. The second kappa shape index (κ2) is 18.5. The summed E-state index contributed by atoms with van der Waals surface area (Å²) >= 11 is 0. The molecule has 0 aromatic heterocycles. The summed E-state index contributed by atoms with van der Waals surface area (Å²) in [7, 11) is 0. The molecule has 0 saturated carbocycles. The maximum absolute atomic E-state index is 2.37. The average Bonchev–Trinajstić information content (AvgIpc) is 2.23. The van der Waals surface area contributed by atoms with Gasteiger partial charge in [0.2, 0.25) is 0 Å². The van der Waals surface area contributed by atoms with Gasteiger partial charge in [-0.05, 0) is 18.8 Å². The first kappa shape index (κ1) is 19.3. The summed E-state index contributed by atoms with van der Waals surface area (Å²) in [6, 6.07) is 0. The average molecular weight is 200 g/mol. The highest BCUT2D eigenvalue weighted by atomic mass is 14.0. The summed E-state index contributed by atoms with van der Waals surface area (Å²) in [5.74, 6) is 0.750. The van der Waals surface area contributed by atoms with Crippen LogP contribution < -0.4 is 0 Å². The van der Waals surface area contributed by atoms with Crippen LogP contribution in [0.25, 0.3) is 0 Å². The van der Waals surface area contributed by atoms with Gasteiger partial charge in [-0.1, -0.05) is 73.5 Å². The Labute approximate surface area is 92.8 Å². The third kappa shape index (κ3) is 14.3. The van der Waals surface area contributed by atoms with Crippen molar-refractivity contribution >= 4 is 0 Å². The van der Waals surface area contributed by atoms with E-state index in [1.807, 2.05) is 27.7 Å². The van der Waals surface area contributed by atoms with Crippen molar-refractivity contribution < 1.29 is 0 Å². The van der Waals surface area contributed by atoms with E-state index in [1.54, 1.807) is 5.57 Å². The van der Waals surface area contributed by atoms with Crippen LogP contribution in [-0.4, -0.2) is 0 Å². The lowest BCUT2D eigenvalue weighted by atomic mass is 9.98. The SMILES string of the molecule is CC.CC.CC/C=C(\CCC)C(C)C. The Morgan fingerprint density at radius 3 is 1.64 bits per heavy atom. The molecule has 0 heterocycles. The zero-order valence-corrected chi connectivity index (χ0v) is 11.8. The normalized spacial score (nSPS) is 9.93. The molecule has 0 atom stereocenters. The Hall–Kier alpha value is -0.260. The molecule has 0 saturated heterocycles. The fourth-order valence-corrected chi connectivity index (χ4v) is 1.18. The number of rotatable bonds is 4. The summed E-state index contributed by atoms with van der Waals surface area (Å²) in [6.07, 6.45) is 6.12. The van der Waals surface area contributed by atoms with Gasteiger partial charge in [0.15, 0.2) is 0 Å². The van der Waals surface area contributed by atoms with Crippen molar-refractivity contribution in [3.63, 3.8) is 0 Å². The van der Waals surface area contributed by atoms with Gasteiger partial charge >= 0.3 is 0 Å². The van der Waals surface area contributed by atoms with Crippen molar-refractivity contribution in [3.8, 4) is 0 Å². The molecule has 0 nitrogen and oxygen atoms in total. The monoisotopic (exact) mass is 200 g/mol. The molecule has 0 aromatic rings. The molecule has 88 valence electrons. The van der Waals surface area contributed by atoms with Crippen molar-refractivity contribution in [1.29, 1.82) is 0 Å². The van der Waals surface area contributed by atoms with E-state index < -0.39 is 0 Å². The maximum atomic E-state index is 2.37. The standard InChI is InChI=1S/C10H20.2C2H6/c1-5-7-10(8-6-2)9(3)4;2*1-2/h7,9H,5-6,8H2,1-4H3;2*1-2H3/b10-7+;;. The second-order valence-corrected chi connectivity index (χ2v) is 3.09. The van der Waals surface area contributed by atoms with Gasteiger partial charge in [-0.15, -0.1) is 0 Å². The van der Waals surface area contributed by atoms with Crippen LogP contribution in [0.2, 0.25) is 0 Å². The van der Waals surface area contributed by atoms with Gasteiger partial charge in [-0.2, -0.15) is 0 Å². The van der Waals surface area contributed by atoms with Gasteiger partial charge < -0.3 is 0 Å². The van der Waals surface area contributed by atoms with Crippen LogP contribution in [0.5, 0.6) is 0 Å². The molecule has 0 fully saturated rings. The minimum absolute atomic E-state index is 0.750. The summed E-state index contributed by atoms with van der Waals surface area (Å²) in [6.45, 7) is 17.0. The molecule has 0 aliphatic rings. The predicted molar refractivity (Wildman–Crippen MR) is 70.8 cm³/mol. The summed E-state index contributed by atoms with van der Waals surface area (Å²) in [5, 5.41) is 0. The molecule has 0 N–H and O–H groups in total. The van der Waals surface area contributed by atoms with E-state index in [9.17, 15) is 0 Å². The van der Waals surface area contributed by atoms with Crippen LogP contribution in [-0.2, 0) is 0 Å². The zero-order chi connectivity index (χ0) is 12.0.